The topological polar surface area (TPSA) is 92.8 Å². The molecule has 2 N–H and O–H groups in total. The van der Waals surface area contributed by atoms with Crippen molar-refractivity contribution in [2.24, 2.45) is 5.92 Å². The van der Waals surface area contributed by atoms with Crippen LogP contribution in [0.25, 0.3) is 0 Å². The summed E-state index contributed by atoms with van der Waals surface area (Å²) in [5.74, 6) is 1.22. The van der Waals surface area contributed by atoms with E-state index < -0.39 is 0 Å². The maximum absolute atomic E-state index is 13.3. The summed E-state index contributed by atoms with van der Waals surface area (Å²) in [7, 11) is 0. The molecule has 2 aliphatic rings. The van der Waals surface area contributed by atoms with Crippen LogP contribution in [0.15, 0.2) is 42.6 Å². The van der Waals surface area contributed by atoms with Crippen LogP contribution in [0.2, 0.25) is 0 Å². The molecule has 0 radical (unpaired) electrons. The van der Waals surface area contributed by atoms with Crippen molar-refractivity contribution in [3.63, 3.8) is 0 Å². The molecule has 1 aliphatic heterocycles. The van der Waals surface area contributed by atoms with E-state index in [4.69, 9.17) is 9.47 Å². The van der Waals surface area contributed by atoms with E-state index in [9.17, 15) is 9.59 Å². The largest absolute Gasteiger partial charge is 0.489 e. The molecule has 0 unspecified atom stereocenters. The summed E-state index contributed by atoms with van der Waals surface area (Å²) in [6.45, 7) is 2.03. The van der Waals surface area contributed by atoms with Crippen LogP contribution in [0.1, 0.15) is 23.2 Å². The highest BCUT2D eigenvalue weighted by Crippen LogP contribution is 2.29. The number of anilines is 2. The fourth-order valence-corrected chi connectivity index (χ4v) is 3.22. The minimum atomic E-state index is -0.270. The van der Waals surface area contributed by atoms with Gasteiger partial charge in [0.25, 0.3) is 5.91 Å². The van der Waals surface area contributed by atoms with Crippen molar-refractivity contribution in [1.82, 2.24) is 15.2 Å². The predicted octanol–water partition coefficient (Wildman–Crippen LogP) is 2.20. The Morgan fingerprint density at radius 2 is 2.03 bits per heavy atom. The van der Waals surface area contributed by atoms with Crippen LogP contribution in [0.4, 0.5) is 11.5 Å². The summed E-state index contributed by atoms with van der Waals surface area (Å²) in [5, 5.41) is 6.13. The molecule has 158 valence electrons. The first-order valence-electron chi connectivity index (χ1n) is 10.3. The van der Waals surface area contributed by atoms with Gasteiger partial charge in [-0.1, -0.05) is 12.1 Å². The Morgan fingerprint density at radius 1 is 1.17 bits per heavy atom. The Hall–Kier alpha value is -3.13. The predicted molar refractivity (Wildman–Crippen MR) is 112 cm³/mol. The van der Waals surface area contributed by atoms with Gasteiger partial charge in [-0.05, 0) is 43.0 Å². The molecule has 30 heavy (non-hydrogen) atoms. The molecule has 1 aliphatic carbocycles. The molecular formula is C22H26N4O4. The van der Waals surface area contributed by atoms with Crippen LogP contribution < -0.4 is 15.4 Å². The summed E-state index contributed by atoms with van der Waals surface area (Å²) < 4.78 is 11.4. The number of hydrogen-bond acceptors (Lipinski definition) is 6. The zero-order valence-corrected chi connectivity index (χ0v) is 16.8. The molecule has 1 aromatic heterocycles. The average molecular weight is 410 g/mol. The Labute approximate surface area is 175 Å². The fourth-order valence-electron chi connectivity index (χ4n) is 3.22. The molecule has 1 saturated carbocycles. The second-order valence-corrected chi connectivity index (χ2v) is 7.46. The van der Waals surface area contributed by atoms with Crippen LogP contribution in [0, 0.1) is 5.92 Å². The number of benzene rings is 1. The van der Waals surface area contributed by atoms with Gasteiger partial charge in [-0.3, -0.25) is 9.59 Å². The quantitative estimate of drug-likeness (QED) is 0.803. The number of hydrogen-bond donors (Lipinski definition) is 2. The van der Waals surface area contributed by atoms with Crippen LogP contribution in [0.3, 0.4) is 0 Å². The molecule has 2 amide bonds. The van der Waals surface area contributed by atoms with Gasteiger partial charge in [-0.15, -0.1) is 0 Å². The van der Waals surface area contributed by atoms with E-state index in [1.807, 2.05) is 24.3 Å². The average Bonchev–Trinajstić information content (AvgIpc) is 3.59. The lowest BCUT2D eigenvalue weighted by atomic mass is 10.2. The number of carbonyl (C=O) groups is 2. The third-order valence-corrected chi connectivity index (χ3v) is 5.08. The van der Waals surface area contributed by atoms with Gasteiger partial charge >= 0.3 is 0 Å². The third kappa shape index (κ3) is 5.27. The van der Waals surface area contributed by atoms with Crippen molar-refractivity contribution in [1.29, 1.82) is 0 Å². The second-order valence-electron chi connectivity index (χ2n) is 7.46. The van der Waals surface area contributed by atoms with Gasteiger partial charge < -0.3 is 25.0 Å². The Balaban J connectivity index is 1.57. The molecule has 8 nitrogen and oxygen atoms in total. The summed E-state index contributed by atoms with van der Waals surface area (Å²) in [5.41, 5.74) is 1.10. The van der Waals surface area contributed by atoms with Crippen LogP contribution >= 0.6 is 0 Å². The summed E-state index contributed by atoms with van der Waals surface area (Å²) in [6.07, 6.45) is 3.94. The van der Waals surface area contributed by atoms with Crippen molar-refractivity contribution in [2.45, 2.75) is 12.8 Å². The highest BCUT2D eigenvalue weighted by atomic mass is 16.5. The lowest BCUT2D eigenvalue weighted by Gasteiger charge is -2.23. The molecule has 0 spiro atoms. The van der Waals surface area contributed by atoms with E-state index in [1.165, 1.54) is 4.90 Å². The number of carbonyl (C=O) groups excluding carboxylic acids is 2. The summed E-state index contributed by atoms with van der Waals surface area (Å²) in [6, 6.07) is 10.9. The second kappa shape index (κ2) is 9.58. The Morgan fingerprint density at radius 3 is 2.90 bits per heavy atom. The molecule has 8 heteroatoms. The van der Waals surface area contributed by atoms with E-state index in [0.29, 0.717) is 61.6 Å². The highest BCUT2D eigenvalue weighted by molar-refractivity contribution is 6.01. The van der Waals surface area contributed by atoms with Gasteiger partial charge in [-0.25, -0.2) is 4.98 Å². The highest BCUT2D eigenvalue weighted by Gasteiger charge is 2.25. The summed E-state index contributed by atoms with van der Waals surface area (Å²) in [4.78, 5) is 31.6. The van der Waals surface area contributed by atoms with Crippen LogP contribution in [-0.4, -0.2) is 61.2 Å². The van der Waals surface area contributed by atoms with Gasteiger partial charge in [0.15, 0.2) is 0 Å². The molecule has 2 aromatic rings. The van der Waals surface area contributed by atoms with Gasteiger partial charge in [0, 0.05) is 19.3 Å². The first-order chi connectivity index (χ1) is 14.7. The van der Waals surface area contributed by atoms with Gasteiger partial charge in [-0.2, -0.15) is 0 Å². The number of rotatable bonds is 4. The number of para-hydroxylation sites is 2. The number of amides is 2. The van der Waals surface area contributed by atoms with Crippen molar-refractivity contribution < 1.29 is 19.1 Å². The molecular weight excluding hydrogens is 384 g/mol. The van der Waals surface area contributed by atoms with Crippen LogP contribution in [-0.2, 0) is 9.53 Å². The zero-order chi connectivity index (χ0) is 20.8. The monoisotopic (exact) mass is 410 g/mol. The number of aromatic nitrogens is 1. The number of fused-ring (bicyclic) bond motifs is 2. The zero-order valence-electron chi connectivity index (χ0n) is 16.8. The van der Waals surface area contributed by atoms with E-state index in [1.54, 1.807) is 18.3 Å². The first-order valence-corrected chi connectivity index (χ1v) is 10.3. The first kappa shape index (κ1) is 20.2. The smallest absolute Gasteiger partial charge is 0.258 e. The van der Waals surface area contributed by atoms with E-state index in [0.717, 1.165) is 12.8 Å². The minimum absolute atomic E-state index is 0.0175. The van der Waals surface area contributed by atoms with E-state index in [-0.39, 0.29) is 18.4 Å². The van der Waals surface area contributed by atoms with Crippen molar-refractivity contribution >= 4 is 23.3 Å². The third-order valence-electron chi connectivity index (χ3n) is 5.08. The van der Waals surface area contributed by atoms with Gasteiger partial charge in [0.2, 0.25) is 5.91 Å². The number of ether oxygens (including phenoxy) is 2. The Bertz CT molecular complexity index is 900. The van der Waals surface area contributed by atoms with Crippen molar-refractivity contribution in [3.05, 3.63) is 48.2 Å². The lowest BCUT2D eigenvalue weighted by molar-refractivity contribution is -0.122. The Kier molecular flexibility index (Phi) is 6.44. The van der Waals surface area contributed by atoms with Crippen LogP contribution in [0.5, 0.6) is 5.75 Å². The fraction of sp³-hybridized carbons (Fsp3) is 0.409. The number of nitrogens with one attached hydrogen (secondary N) is 2. The maximum atomic E-state index is 13.3. The van der Waals surface area contributed by atoms with Gasteiger partial charge in [0.05, 0.1) is 31.0 Å². The van der Waals surface area contributed by atoms with Gasteiger partial charge in [0.1, 0.15) is 18.2 Å². The lowest BCUT2D eigenvalue weighted by Crippen LogP contribution is -2.43. The molecule has 4 rings (SSSR count). The summed E-state index contributed by atoms with van der Waals surface area (Å²) >= 11 is 0. The minimum Gasteiger partial charge on any atom is -0.489 e. The molecule has 0 atom stereocenters. The maximum Gasteiger partial charge on any atom is 0.258 e. The van der Waals surface area contributed by atoms with Crippen molar-refractivity contribution in [3.8, 4) is 5.75 Å². The number of nitrogens with zero attached hydrogens (tertiary/aromatic N) is 2. The van der Waals surface area contributed by atoms with E-state index in [2.05, 4.69) is 15.6 Å². The van der Waals surface area contributed by atoms with Crippen molar-refractivity contribution in [2.75, 3.05) is 44.8 Å². The molecule has 0 bridgehead atoms. The molecule has 1 fully saturated rings. The normalized spacial score (nSPS) is 17.2. The molecule has 2 heterocycles. The number of pyridine rings is 1. The molecule has 1 aromatic carbocycles. The van der Waals surface area contributed by atoms with E-state index >= 15 is 0 Å². The SMILES string of the molecule is O=C(CN1CCOCCOc2ccccc2Nc2ncccc2C1=O)NCC1CC1. The molecule has 0 saturated heterocycles. The standard InChI is InChI=1S/C22H26N4O4/c27-20(24-14-16-7-8-16)15-26-10-11-29-12-13-30-19-6-2-1-5-18(19)25-21-17(22(26)28)4-3-9-23-21/h1-6,9,16H,7-8,10-15H2,(H,23,25)(H,24,27).